The Kier molecular flexibility index (Phi) is 9.91. The third-order valence-corrected chi connectivity index (χ3v) is 7.00. The van der Waals surface area contributed by atoms with Crippen LogP contribution < -0.4 is 15.5 Å². The lowest BCUT2D eigenvalue weighted by atomic mass is 10.1. The number of carboxylic acids is 1. The molecule has 4 rings (SSSR count). The summed E-state index contributed by atoms with van der Waals surface area (Å²) < 4.78 is 0. The van der Waals surface area contributed by atoms with E-state index in [-0.39, 0.29) is 30.1 Å². The Morgan fingerprint density at radius 2 is 1.79 bits per heavy atom. The maximum Gasteiger partial charge on any atom is 0.308 e. The maximum absolute atomic E-state index is 12.7. The van der Waals surface area contributed by atoms with Crippen LogP contribution in [0.15, 0.2) is 66.9 Å². The molecule has 1 heterocycles. The van der Waals surface area contributed by atoms with Crippen molar-refractivity contribution in [2.45, 2.75) is 51.0 Å². The van der Waals surface area contributed by atoms with Crippen LogP contribution in [0.1, 0.15) is 48.2 Å². The second-order valence-electron chi connectivity index (χ2n) is 9.78. The van der Waals surface area contributed by atoms with Crippen molar-refractivity contribution in [3.8, 4) is 0 Å². The number of halogens is 1. The molecule has 3 N–H and O–H groups in total. The zero-order valence-corrected chi connectivity index (χ0v) is 22.8. The van der Waals surface area contributed by atoms with Crippen LogP contribution >= 0.6 is 11.6 Å². The van der Waals surface area contributed by atoms with Crippen molar-refractivity contribution in [3.05, 3.63) is 94.5 Å². The summed E-state index contributed by atoms with van der Waals surface area (Å²) in [6, 6.07) is 18.2. The molecule has 0 spiro atoms. The van der Waals surface area contributed by atoms with Crippen LogP contribution in [0.2, 0.25) is 5.15 Å². The monoisotopic (exact) mass is 547 g/mol. The summed E-state index contributed by atoms with van der Waals surface area (Å²) in [5.74, 6) is -0.384. The van der Waals surface area contributed by atoms with Crippen molar-refractivity contribution >= 4 is 35.0 Å². The molecule has 1 fully saturated rings. The molecule has 204 valence electrons. The molecule has 0 atom stereocenters. The number of hydrogen-bond acceptors (Lipinski definition) is 6. The van der Waals surface area contributed by atoms with Gasteiger partial charge in [-0.2, -0.15) is 0 Å². The Balaban J connectivity index is 1.50. The van der Waals surface area contributed by atoms with Gasteiger partial charge >= 0.3 is 5.97 Å². The van der Waals surface area contributed by atoms with Crippen molar-refractivity contribution in [1.82, 2.24) is 15.3 Å². The highest BCUT2D eigenvalue weighted by Gasteiger charge is 2.23. The molecular formula is C30H34ClN5O3. The Bertz CT molecular complexity index is 1310. The van der Waals surface area contributed by atoms with Crippen molar-refractivity contribution < 1.29 is 14.7 Å². The number of nitrogens with one attached hydrogen (secondary N) is 2. The topological polar surface area (TPSA) is 107 Å². The fraction of sp³-hybridized carbons (Fsp3) is 0.333. The fourth-order valence-electron chi connectivity index (χ4n) is 4.76. The van der Waals surface area contributed by atoms with E-state index in [0.717, 1.165) is 43.4 Å². The van der Waals surface area contributed by atoms with E-state index in [1.54, 1.807) is 11.9 Å². The molecule has 1 saturated carbocycles. The van der Waals surface area contributed by atoms with E-state index < -0.39 is 5.97 Å². The van der Waals surface area contributed by atoms with Gasteiger partial charge in [0, 0.05) is 30.8 Å². The number of allylic oxidation sites excluding steroid dienone is 1. The zero-order valence-electron chi connectivity index (χ0n) is 22.1. The van der Waals surface area contributed by atoms with Gasteiger partial charge in [0.15, 0.2) is 0 Å². The number of rotatable bonds is 12. The maximum atomic E-state index is 12.7. The van der Waals surface area contributed by atoms with Gasteiger partial charge in [-0.15, -0.1) is 0 Å². The molecule has 0 radical (unpaired) electrons. The second-order valence-corrected chi connectivity index (χ2v) is 10.1. The molecule has 1 aliphatic carbocycles. The van der Waals surface area contributed by atoms with Gasteiger partial charge in [-0.25, -0.2) is 9.97 Å². The summed E-state index contributed by atoms with van der Waals surface area (Å²) >= 11 is 6.49. The predicted molar refractivity (Wildman–Crippen MR) is 154 cm³/mol. The van der Waals surface area contributed by atoms with Crippen LogP contribution in [0.3, 0.4) is 0 Å². The molecule has 1 amide bonds. The number of carbonyl (C=O) groups excluding carboxylic acids is 1. The van der Waals surface area contributed by atoms with Crippen LogP contribution in [-0.4, -0.2) is 46.6 Å². The largest absolute Gasteiger partial charge is 0.481 e. The number of nitrogens with zero attached hydrogens (tertiary/aromatic N) is 3. The number of anilines is 2. The van der Waals surface area contributed by atoms with Crippen molar-refractivity contribution in [1.29, 1.82) is 0 Å². The number of aliphatic carboxylic acids is 1. The SMILES string of the molecule is CN(CC(=O)NC1CCCC1)c1nc(Cc2ccccc2NC=CCc2ccccc2)nc(Cl)c1CC(=O)O. The third kappa shape index (κ3) is 8.29. The number of amides is 1. The standard InChI is InChI=1S/C30H34ClN5O3/c1-36(20-27(37)33-23-14-6-7-15-23)30-24(19-28(38)39)29(31)34-26(35-30)18-22-13-5-8-16-25(22)32-17-9-12-21-10-3-2-4-11-21/h2-5,8-11,13,16-17,23,32H,6-7,12,14-15,18-20H2,1H3,(H,33,37)(H,38,39). The first-order valence-electron chi connectivity index (χ1n) is 13.2. The van der Waals surface area contributed by atoms with Gasteiger partial charge in [-0.3, -0.25) is 9.59 Å². The molecule has 9 heteroatoms. The minimum Gasteiger partial charge on any atom is -0.481 e. The molecule has 2 aromatic carbocycles. The number of hydrogen-bond donors (Lipinski definition) is 3. The van der Waals surface area contributed by atoms with Gasteiger partial charge in [0.05, 0.1) is 13.0 Å². The summed E-state index contributed by atoms with van der Waals surface area (Å²) in [4.78, 5) is 35.0. The van der Waals surface area contributed by atoms with E-state index >= 15 is 0 Å². The molecule has 0 unspecified atom stereocenters. The van der Waals surface area contributed by atoms with Crippen molar-refractivity contribution in [3.63, 3.8) is 0 Å². The lowest BCUT2D eigenvalue weighted by molar-refractivity contribution is -0.136. The lowest BCUT2D eigenvalue weighted by Gasteiger charge is -2.23. The highest BCUT2D eigenvalue weighted by Crippen LogP contribution is 2.27. The average Bonchev–Trinajstić information content (AvgIpc) is 3.42. The third-order valence-electron chi connectivity index (χ3n) is 6.69. The van der Waals surface area contributed by atoms with E-state index in [2.05, 4.69) is 38.8 Å². The normalized spacial score (nSPS) is 13.5. The Labute approximate surface area is 234 Å². The quantitative estimate of drug-likeness (QED) is 0.273. The van der Waals surface area contributed by atoms with Gasteiger partial charge in [-0.05, 0) is 42.7 Å². The van der Waals surface area contributed by atoms with Crippen molar-refractivity contribution in [2.75, 3.05) is 23.8 Å². The van der Waals surface area contributed by atoms with Gasteiger partial charge in [0.1, 0.15) is 16.8 Å². The molecule has 39 heavy (non-hydrogen) atoms. The molecule has 1 aromatic heterocycles. The smallest absolute Gasteiger partial charge is 0.308 e. The van der Waals surface area contributed by atoms with Crippen LogP contribution in [0, 0.1) is 0 Å². The fourth-order valence-corrected chi connectivity index (χ4v) is 5.01. The zero-order chi connectivity index (χ0) is 27.6. The highest BCUT2D eigenvalue weighted by atomic mass is 35.5. The Hall–Kier alpha value is -3.91. The van der Waals surface area contributed by atoms with E-state index in [1.807, 2.05) is 48.7 Å². The molecule has 3 aromatic rings. The summed E-state index contributed by atoms with van der Waals surface area (Å²) in [6.45, 7) is 0.0419. The van der Waals surface area contributed by atoms with Gasteiger partial charge < -0.3 is 20.6 Å². The van der Waals surface area contributed by atoms with Gasteiger partial charge in [0.2, 0.25) is 5.91 Å². The summed E-state index contributed by atoms with van der Waals surface area (Å²) in [5.41, 5.74) is 3.37. The summed E-state index contributed by atoms with van der Waals surface area (Å²) in [5, 5.41) is 15.9. The summed E-state index contributed by atoms with van der Waals surface area (Å²) in [7, 11) is 1.72. The number of carboxylic acid groups (broad SMARTS) is 1. The number of carbonyl (C=O) groups is 2. The average molecular weight is 548 g/mol. The van der Waals surface area contributed by atoms with Crippen LogP contribution in [0.5, 0.6) is 0 Å². The van der Waals surface area contributed by atoms with E-state index in [0.29, 0.717) is 23.6 Å². The minimum atomic E-state index is -1.05. The highest BCUT2D eigenvalue weighted by molar-refractivity contribution is 6.30. The van der Waals surface area contributed by atoms with Crippen LogP contribution in [-0.2, 0) is 28.9 Å². The molecule has 0 aliphatic heterocycles. The van der Waals surface area contributed by atoms with Gasteiger partial charge in [-0.1, -0.05) is 79.0 Å². The van der Waals surface area contributed by atoms with Gasteiger partial charge in [0.25, 0.3) is 0 Å². The van der Waals surface area contributed by atoms with Crippen molar-refractivity contribution in [2.24, 2.45) is 0 Å². The number of aromatic nitrogens is 2. The number of likely N-dealkylation sites (N-methyl/N-ethyl adjacent to an activating group) is 1. The Morgan fingerprint density at radius 1 is 1.08 bits per heavy atom. The first-order valence-corrected chi connectivity index (χ1v) is 13.6. The molecule has 1 aliphatic rings. The first-order chi connectivity index (χ1) is 18.9. The van der Waals surface area contributed by atoms with Crippen LogP contribution in [0.25, 0.3) is 0 Å². The molecule has 0 bridgehead atoms. The number of benzene rings is 2. The molecular weight excluding hydrogens is 514 g/mol. The van der Waals surface area contributed by atoms with E-state index in [1.165, 1.54) is 5.56 Å². The first kappa shape index (κ1) is 28.1. The van der Waals surface area contributed by atoms with E-state index in [4.69, 9.17) is 11.6 Å². The minimum absolute atomic E-state index is 0.0419. The summed E-state index contributed by atoms with van der Waals surface area (Å²) in [6.07, 6.45) is 9.02. The molecule has 0 saturated heterocycles. The Morgan fingerprint density at radius 3 is 2.54 bits per heavy atom. The predicted octanol–water partition coefficient (Wildman–Crippen LogP) is 5.01. The number of para-hydroxylation sites is 1. The second kappa shape index (κ2) is 13.8. The van der Waals surface area contributed by atoms with Crippen LogP contribution in [0.4, 0.5) is 11.5 Å². The van der Waals surface area contributed by atoms with E-state index in [9.17, 15) is 14.7 Å². The molecule has 8 nitrogen and oxygen atoms in total. The lowest BCUT2D eigenvalue weighted by Crippen LogP contribution is -2.40.